The summed E-state index contributed by atoms with van der Waals surface area (Å²) in [6.45, 7) is 0.325. The first-order valence-electron chi connectivity index (χ1n) is 6.43. The van der Waals surface area contributed by atoms with Crippen molar-refractivity contribution in [2.45, 2.75) is 6.10 Å². The maximum atomic E-state index is 12.1. The van der Waals surface area contributed by atoms with Crippen molar-refractivity contribution in [2.24, 2.45) is 0 Å². The highest BCUT2D eigenvalue weighted by molar-refractivity contribution is 6.31. The maximum absolute atomic E-state index is 12.1. The molecular formula is C16H15Cl2NO2. The number of hydrogen-bond acceptors (Lipinski definition) is 2. The third-order valence-corrected chi connectivity index (χ3v) is 3.65. The molecule has 0 saturated heterocycles. The molecular weight excluding hydrogens is 309 g/mol. The number of hydrogen-bond donors (Lipinski definition) is 1. The molecule has 0 aromatic heterocycles. The van der Waals surface area contributed by atoms with Gasteiger partial charge in [-0.25, -0.2) is 0 Å². The van der Waals surface area contributed by atoms with Gasteiger partial charge in [0.2, 0.25) is 0 Å². The molecule has 0 radical (unpaired) electrons. The Labute approximate surface area is 133 Å². The van der Waals surface area contributed by atoms with E-state index in [0.29, 0.717) is 22.2 Å². The standard InChI is InChI=1S/C16H15Cl2NO2/c1-21-15(13-7-2-3-8-14(13)18)10-19-16(20)11-5-4-6-12(17)9-11/h2-9,15H,10H2,1H3,(H,19,20). The third kappa shape index (κ3) is 4.21. The van der Waals surface area contributed by atoms with Crippen LogP contribution in [-0.2, 0) is 4.74 Å². The molecule has 0 saturated carbocycles. The van der Waals surface area contributed by atoms with Crippen molar-refractivity contribution in [1.82, 2.24) is 5.32 Å². The van der Waals surface area contributed by atoms with Crippen molar-refractivity contribution >= 4 is 29.1 Å². The van der Waals surface area contributed by atoms with Crippen LogP contribution in [0.5, 0.6) is 0 Å². The Morgan fingerprint density at radius 1 is 1.19 bits per heavy atom. The molecule has 2 rings (SSSR count). The second-order valence-electron chi connectivity index (χ2n) is 4.47. The average Bonchev–Trinajstić information content (AvgIpc) is 2.49. The summed E-state index contributed by atoms with van der Waals surface area (Å²) in [4.78, 5) is 12.1. The molecule has 0 aliphatic rings. The van der Waals surface area contributed by atoms with Gasteiger partial charge in [0.1, 0.15) is 6.10 Å². The first-order valence-corrected chi connectivity index (χ1v) is 7.18. The molecule has 0 bridgehead atoms. The molecule has 0 spiro atoms. The third-order valence-electron chi connectivity index (χ3n) is 3.07. The highest BCUT2D eigenvalue weighted by atomic mass is 35.5. The zero-order valence-electron chi connectivity index (χ0n) is 11.5. The molecule has 0 heterocycles. The molecule has 2 aromatic carbocycles. The van der Waals surface area contributed by atoms with Gasteiger partial charge in [0.15, 0.2) is 0 Å². The largest absolute Gasteiger partial charge is 0.375 e. The number of benzene rings is 2. The van der Waals surface area contributed by atoms with Gasteiger partial charge in [0.25, 0.3) is 5.91 Å². The van der Waals surface area contributed by atoms with E-state index < -0.39 is 0 Å². The van der Waals surface area contributed by atoms with Gasteiger partial charge in [-0.15, -0.1) is 0 Å². The fourth-order valence-electron chi connectivity index (χ4n) is 1.97. The number of carbonyl (C=O) groups is 1. The summed E-state index contributed by atoms with van der Waals surface area (Å²) < 4.78 is 5.40. The second-order valence-corrected chi connectivity index (χ2v) is 5.31. The van der Waals surface area contributed by atoms with Crippen molar-refractivity contribution in [3.05, 3.63) is 69.7 Å². The van der Waals surface area contributed by atoms with E-state index in [2.05, 4.69) is 5.32 Å². The quantitative estimate of drug-likeness (QED) is 0.899. The molecule has 1 unspecified atom stereocenters. The van der Waals surface area contributed by atoms with Crippen LogP contribution >= 0.6 is 23.2 Å². The average molecular weight is 324 g/mol. The molecule has 1 N–H and O–H groups in total. The number of methoxy groups -OCH3 is 1. The van der Waals surface area contributed by atoms with E-state index in [1.165, 1.54) is 0 Å². The lowest BCUT2D eigenvalue weighted by Gasteiger charge is -2.17. The van der Waals surface area contributed by atoms with Gasteiger partial charge in [-0.1, -0.05) is 47.5 Å². The summed E-state index contributed by atoms with van der Waals surface area (Å²) >= 11 is 12.0. The van der Waals surface area contributed by atoms with Crippen LogP contribution < -0.4 is 5.32 Å². The SMILES string of the molecule is COC(CNC(=O)c1cccc(Cl)c1)c1ccccc1Cl. The summed E-state index contributed by atoms with van der Waals surface area (Å²) in [6, 6.07) is 14.2. The fraction of sp³-hybridized carbons (Fsp3) is 0.188. The highest BCUT2D eigenvalue weighted by Gasteiger charge is 2.15. The summed E-state index contributed by atoms with van der Waals surface area (Å²) in [6.07, 6.45) is -0.304. The first-order chi connectivity index (χ1) is 10.1. The molecule has 3 nitrogen and oxygen atoms in total. The monoisotopic (exact) mass is 323 g/mol. The molecule has 110 valence electrons. The maximum Gasteiger partial charge on any atom is 0.251 e. The van der Waals surface area contributed by atoms with Crippen molar-refractivity contribution in [1.29, 1.82) is 0 Å². The lowest BCUT2D eigenvalue weighted by Crippen LogP contribution is -2.29. The minimum absolute atomic E-state index is 0.202. The smallest absolute Gasteiger partial charge is 0.251 e. The lowest BCUT2D eigenvalue weighted by atomic mass is 10.1. The van der Waals surface area contributed by atoms with Crippen LogP contribution in [0.1, 0.15) is 22.0 Å². The van der Waals surface area contributed by atoms with Crippen LogP contribution in [0.2, 0.25) is 10.0 Å². The van der Waals surface area contributed by atoms with Gasteiger partial charge in [0, 0.05) is 34.8 Å². The summed E-state index contributed by atoms with van der Waals surface area (Å²) in [7, 11) is 1.58. The van der Waals surface area contributed by atoms with Gasteiger partial charge in [-0.2, -0.15) is 0 Å². The first kappa shape index (κ1) is 15.8. The minimum Gasteiger partial charge on any atom is -0.375 e. The number of carbonyl (C=O) groups excluding carboxylic acids is 1. The van der Waals surface area contributed by atoms with Gasteiger partial charge in [-0.05, 0) is 24.3 Å². The molecule has 1 amide bonds. The van der Waals surface area contributed by atoms with E-state index in [4.69, 9.17) is 27.9 Å². The van der Waals surface area contributed by atoms with Crippen molar-refractivity contribution in [2.75, 3.05) is 13.7 Å². The Balaban J connectivity index is 2.04. The van der Waals surface area contributed by atoms with E-state index in [-0.39, 0.29) is 12.0 Å². The van der Waals surface area contributed by atoms with Gasteiger partial charge in [-0.3, -0.25) is 4.79 Å². The molecule has 0 aliphatic heterocycles. The van der Waals surface area contributed by atoms with Crippen LogP contribution in [0.4, 0.5) is 0 Å². The lowest BCUT2D eigenvalue weighted by molar-refractivity contribution is 0.0828. The normalized spacial score (nSPS) is 12.0. The van der Waals surface area contributed by atoms with Gasteiger partial charge < -0.3 is 10.1 Å². The van der Waals surface area contributed by atoms with E-state index in [0.717, 1.165) is 5.56 Å². The predicted molar refractivity (Wildman–Crippen MR) is 85.0 cm³/mol. The van der Waals surface area contributed by atoms with Gasteiger partial charge in [0.05, 0.1) is 0 Å². The van der Waals surface area contributed by atoms with Crippen LogP contribution in [0.25, 0.3) is 0 Å². The molecule has 0 aliphatic carbocycles. The number of amides is 1. The molecule has 5 heteroatoms. The number of halogens is 2. The topological polar surface area (TPSA) is 38.3 Å². The van der Waals surface area contributed by atoms with Crippen LogP contribution in [-0.4, -0.2) is 19.6 Å². The van der Waals surface area contributed by atoms with Crippen molar-refractivity contribution in [3.63, 3.8) is 0 Å². The minimum atomic E-state index is -0.304. The van der Waals surface area contributed by atoms with E-state index in [9.17, 15) is 4.79 Å². The number of rotatable bonds is 5. The summed E-state index contributed by atoms with van der Waals surface area (Å²) in [5.74, 6) is -0.202. The van der Waals surface area contributed by atoms with Crippen LogP contribution in [0.15, 0.2) is 48.5 Å². The number of ether oxygens (including phenoxy) is 1. The van der Waals surface area contributed by atoms with E-state index in [1.54, 1.807) is 37.4 Å². The Morgan fingerprint density at radius 2 is 1.95 bits per heavy atom. The van der Waals surface area contributed by atoms with Crippen LogP contribution in [0, 0.1) is 0 Å². The Morgan fingerprint density at radius 3 is 2.62 bits per heavy atom. The van der Waals surface area contributed by atoms with E-state index in [1.807, 2.05) is 18.2 Å². The Hall–Kier alpha value is -1.55. The molecule has 0 fully saturated rings. The van der Waals surface area contributed by atoms with Crippen LogP contribution in [0.3, 0.4) is 0 Å². The zero-order chi connectivity index (χ0) is 15.2. The fourth-order valence-corrected chi connectivity index (χ4v) is 2.42. The molecule has 1 atom stereocenters. The van der Waals surface area contributed by atoms with Crippen molar-refractivity contribution < 1.29 is 9.53 Å². The zero-order valence-corrected chi connectivity index (χ0v) is 13.0. The number of nitrogens with one attached hydrogen (secondary N) is 1. The Bertz CT molecular complexity index is 631. The van der Waals surface area contributed by atoms with Crippen molar-refractivity contribution in [3.8, 4) is 0 Å². The van der Waals surface area contributed by atoms with E-state index >= 15 is 0 Å². The highest BCUT2D eigenvalue weighted by Crippen LogP contribution is 2.24. The summed E-state index contributed by atoms with van der Waals surface area (Å²) in [5, 5.41) is 3.96. The summed E-state index contributed by atoms with van der Waals surface area (Å²) in [5.41, 5.74) is 1.35. The second kappa shape index (κ2) is 7.46. The predicted octanol–water partition coefficient (Wildman–Crippen LogP) is 4.11. The Kier molecular flexibility index (Phi) is 5.62. The van der Waals surface area contributed by atoms with Gasteiger partial charge >= 0.3 is 0 Å². The molecule has 21 heavy (non-hydrogen) atoms. The molecule has 2 aromatic rings.